The number of sulfone groups is 1. The summed E-state index contributed by atoms with van der Waals surface area (Å²) in [5.74, 6) is -0.759. The van der Waals surface area contributed by atoms with Crippen molar-refractivity contribution in [1.82, 2.24) is 15.1 Å². The summed E-state index contributed by atoms with van der Waals surface area (Å²) in [5.41, 5.74) is 3.32. The molecule has 0 radical (unpaired) electrons. The summed E-state index contributed by atoms with van der Waals surface area (Å²) in [4.78, 5) is 12.3. The summed E-state index contributed by atoms with van der Waals surface area (Å²) >= 11 is 0. The van der Waals surface area contributed by atoms with Gasteiger partial charge in [-0.1, -0.05) is 50.1 Å². The Labute approximate surface area is 167 Å². The standard InChI is InChI=1S/C21H29N3O3S/c1-2-3-7-13-28(26,27)16-21(25)23-19-11-8-12-20-18(19)14-22-24(20)15-17-9-5-4-6-10-17/h4-6,9-10,14,19H,2-3,7-8,11-13,15-16H2,1H3,(H,23,25). The van der Waals surface area contributed by atoms with E-state index in [-0.39, 0.29) is 11.8 Å². The van der Waals surface area contributed by atoms with E-state index in [2.05, 4.69) is 22.5 Å². The van der Waals surface area contributed by atoms with E-state index < -0.39 is 21.5 Å². The Balaban J connectivity index is 1.63. The van der Waals surface area contributed by atoms with Crippen molar-refractivity contribution in [1.29, 1.82) is 0 Å². The third-order valence-electron chi connectivity index (χ3n) is 5.18. The minimum atomic E-state index is -3.35. The zero-order chi connectivity index (χ0) is 20.0. The van der Waals surface area contributed by atoms with Crippen LogP contribution in [0.25, 0.3) is 0 Å². The third-order valence-corrected chi connectivity index (χ3v) is 6.80. The Kier molecular flexibility index (Phi) is 6.88. The van der Waals surface area contributed by atoms with Crippen LogP contribution in [-0.4, -0.2) is 35.6 Å². The van der Waals surface area contributed by atoms with E-state index in [0.717, 1.165) is 43.4 Å². The minimum absolute atomic E-state index is 0.0825. The van der Waals surface area contributed by atoms with Crippen LogP contribution in [0.15, 0.2) is 36.5 Å². The largest absolute Gasteiger partial charge is 0.348 e. The average Bonchev–Trinajstić information content (AvgIpc) is 3.06. The molecule has 0 spiro atoms. The maximum atomic E-state index is 12.3. The molecule has 1 aliphatic rings. The maximum Gasteiger partial charge on any atom is 0.235 e. The van der Waals surface area contributed by atoms with Crippen molar-refractivity contribution in [2.24, 2.45) is 0 Å². The summed E-state index contributed by atoms with van der Waals surface area (Å²) in [5, 5.41) is 7.45. The number of nitrogens with one attached hydrogen (secondary N) is 1. The number of nitrogens with zero attached hydrogens (tertiary/aromatic N) is 2. The number of benzene rings is 1. The molecule has 1 heterocycles. The van der Waals surface area contributed by atoms with Gasteiger partial charge in [-0.25, -0.2) is 8.42 Å². The first-order chi connectivity index (χ1) is 13.5. The minimum Gasteiger partial charge on any atom is -0.348 e. The molecule has 1 aromatic carbocycles. The normalized spacial score (nSPS) is 16.5. The van der Waals surface area contributed by atoms with Gasteiger partial charge >= 0.3 is 0 Å². The first-order valence-corrected chi connectivity index (χ1v) is 11.9. The van der Waals surface area contributed by atoms with Crippen LogP contribution in [0.4, 0.5) is 0 Å². The van der Waals surface area contributed by atoms with Crippen molar-refractivity contribution in [2.45, 2.75) is 58.0 Å². The fourth-order valence-corrected chi connectivity index (χ4v) is 5.01. The Hall–Kier alpha value is -2.15. The number of aromatic nitrogens is 2. The molecule has 1 amide bonds. The lowest BCUT2D eigenvalue weighted by atomic mass is 9.93. The number of fused-ring (bicyclic) bond motifs is 1. The first kappa shape index (κ1) is 20.6. The van der Waals surface area contributed by atoms with Gasteiger partial charge in [0.25, 0.3) is 0 Å². The van der Waals surface area contributed by atoms with E-state index in [4.69, 9.17) is 0 Å². The molecule has 3 rings (SSSR count). The highest BCUT2D eigenvalue weighted by atomic mass is 32.2. The molecule has 0 saturated carbocycles. The highest BCUT2D eigenvalue weighted by Gasteiger charge is 2.27. The van der Waals surface area contributed by atoms with Gasteiger partial charge in [0.2, 0.25) is 5.91 Å². The quantitative estimate of drug-likeness (QED) is 0.653. The molecule has 1 N–H and O–H groups in total. The van der Waals surface area contributed by atoms with Crippen LogP contribution in [0.5, 0.6) is 0 Å². The summed E-state index contributed by atoms with van der Waals surface area (Å²) in [6.07, 6.45) is 6.94. The van der Waals surface area contributed by atoms with Gasteiger partial charge in [-0.2, -0.15) is 5.10 Å². The molecule has 0 aliphatic heterocycles. The van der Waals surface area contributed by atoms with E-state index in [1.807, 2.05) is 36.0 Å². The molecule has 2 aromatic rings. The van der Waals surface area contributed by atoms with Crippen LogP contribution in [0.3, 0.4) is 0 Å². The zero-order valence-electron chi connectivity index (χ0n) is 16.4. The van der Waals surface area contributed by atoms with Gasteiger partial charge in [0.05, 0.1) is 24.5 Å². The molecule has 152 valence electrons. The summed E-state index contributed by atoms with van der Waals surface area (Å²) in [7, 11) is -3.35. The molecule has 7 heteroatoms. The molecule has 1 atom stereocenters. The van der Waals surface area contributed by atoms with E-state index in [1.165, 1.54) is 5.56 Å². The van der Waals surface area contributed by atoms with E-state index in [1.54, 1.807) is 0 Å². The van der Waals surface area contributed by atoms with Gasteiger partial charge in [-0.05, 0) is 31.2 Å². The maximum absolute atomic E-state index is 12.3. The Bertz CT molecular complexity index is 891. The van der Waals surface area contributed by atoms with Gasteiger partial charge < -0.3 is 5.32 Å². The highest BCUT2D eigenvalue weighted by Crippen LogP contribution is 2.30. The predicted molar refractivity (Wildman–Crippen MR) is 110 cm³/mol. The molecular formula is C21H29N3O3S. The molecule has 0 fully saturated rings. The second-order valence-electron chi connectivity index (χ2n) is 7.50. The van der Waals surface area contributed by atoms with Crippen LogP contribution in [0.1, 0.15) is 61.9 Å². The molecule has 0 bridgehead atoms. The lowest BCUT2D eigenvalue weighted by molar-refractivity contribution is -0.119. The number of hydrogen-bond donors (Lipinski definition) is 1. The van der Waals surface area contributed by atoms with Gasteiger partial charge in [0.1, 0.15) is 5.75 Å². The number of unbranched alkanes of at least 4 members (excludes halogenated alkanes) is 2. The van der Waals surface area contributed by atoms with E-state index in [0.29, 0.717) is 13.0 Å². The number of hydrogen-bond acceptors (Lipinski definition) is 4. The van der Waals surface area contributed by atoms with Gasteiger partial charge in [0.15, 0.2) is 9.84 Å². The van der Waals surface area contributed by atoms with Crippen LogP contribution in [-0.2, 0) is 27.6 Å². The molecule has 0 saturated heterocycles. The average molecular weight is 404 g/mol. The van der Waals surface area contributed by atoms with Crippen molar-refractivity contribution >= 4 is 15.7 Å². The SMILES string of the molecule is CCCCCS(=O)(=O)CC(=O)NC1CCCc2c1cnn2Cc1ccccc1. The number of rotatable bonds is 9. The second-order valence-corrected chi connectivity index (χ2v) is 9.69. The third kappa shape index (κ3) is 5.44. The first-order valence-electron chi connectivity index (χ1n) is 10.1. The van der Waals surface area contributed by atoms with Crippen LogP contribution in [0.2, 0.25) is 0 Å². The molecule has 6 nitrogen and oxygen atoms in total. The highest BCUT2D eigenvalue weighted by molar-refractivity contribution is 7.92. The van der Waals surface area contributed by atoms with Gasteiger partial charge in [-0.3, -0.25) is 9.48 Å². The monoisotopic (exact) mass is 403 g/mol. The number of carbonyl (C=O) groups is 1. The summed E-state index contributed by atoms with van der Waals surface area (Å²) in [6.45, 7) is 2.72. The van der Waals surface area contributed by atoms with Gasteiger partial charge in [-0.15, -0.1) is 0 Å². The lowest BCUT2D eigenvalue weighted by Crippen LogP contribution is -2.35. The fraction of sp³-hybridized carbons (Fsp3) is 0.524. The second kappa shape index (κ2) is 9.37. The molecule has 1 unspecified atom stereocenters. The topological polar surface area (TPSA) is 81.1 Å². The van der Waals surface area contributed by atoms with Crippen molar-refractivity contribution in [3.05, 3.63) is 53.3 Å². The van der Waals surface area contributed by atoms with Crippen molar-refractivity contribution in [3.8, 4) is 0 Å². The fourth-order valence-electron chi connectivity index (χ4n) is 3.74. The predicted octanol–water partition coefficient (Wildman–Crippen LogP) is 3.03. The Morgan fingerprint density at radius 1 is 1.25 bits per heavy atom. The van der Waals surface area contributed by atoms with E-state index in [9.17, 15) is 13.2 Å². The molecular weight excluding hydrogens is 374 g/mol. The lowest BCUT2D eigenvalue weighted by Gasteiger charge is -2.24. The number of amides is 1. The summed E-state index contributed by atoms with van der Waals surface area (Å²) < 4.78 is 26.3. The smallest absolute Gasteiger partial charge is 0.235 e. The van der Waals surface area contributed by atoms with Crippen LogP contribution < -0.4 is 5.32 Å². The zero-order valence-corrected chi connectivity index (χ0v) is 17.2. The Morgan fingerprint density at radius 3 is 2.79 bits per heavy atom. The van der Waals surface area contributed by atoms with Crippen molar-refractivity contribution in [2.75, 3.05) is 11.5 Å². The number of carbonyl (C=O) groups excluding carboxylic acids is 1. The molecule has 1 aliphatic carbocycles. The van der Waals surface area contributed by atoms with Crippen LogP contribution >= 0.6 is 0 Å². The Morgan fingerprint density at radius 2 is 2.04 bits per heavy atom. The summed E-state index contributed by atoms with van der Waals surface area (Å²) in [6, 6.07) is 9.99. The molecule has 1 aromatic heterocycles. The van der Waals surface area contributed by atoms with E-state index >= 15 is 0 Å². The van der Waals surface area contributed by atoms with Crippen molar-refractivity contribution in [3.63, 3.8) is 0 Å². The molecule has 28 heavy (non-hydrogen) atoms. The van der Waals surface area contributed by atoms with Gasteiger partial charge in [0, 0.05) is 11.3 Å². The van der Waals surface area contributed by atoms with Crippen LogP contribution in [0, 0.1) is 0 Å². The van der Waals surface area contributed by atoms with Crippen molar-refractivity contribution < 1.29 is 13.2 Å².